The first-order valence-electron chi connectivity index (χ1n) is 2.69. The van der Waals surface area contributed by atoms with Crippen molar-refractivity contribution in [3.8, 4) is 0 Å². The summed E-state index contributed by atoms with van der Waals surface area (Å²) in [7, 11) is 0. The Morgan fingerprint density at radius 2 is 2.29 bits per heavy atom. The van der Waals surface area contributed by atoms with Crippen LogP contribution >= 0.6 is 0 Å². The van der Waals surface area contributed by atoms with Crippen molar-refractivity contribution in [3.63, 3.8) is 0 Å². The molecule has 2 saturated heterocycles. The van der Waals surface area contributed by atoms with Gasteiger partial charge in [0.05, 0.1) is 12.7 Å². The topological polar surface area (TPSA) is 35.2 Å². The number of ether oxygens (including phenoxy) is 1. The molecule has 0 aromatic heterocycles. The van der Waals surface area contributed by atoms with Gasteiger partial charge >= 0.3 is 0 Å². The average Bonchev–Trinajstić information content (AvgIpc) is 1.88. The summed E-state index contributed by atoms with van der Waals surface area (Å²) in [5.41, 5.74) is 5.83. The van der Waals surface area contributed by atoms with Crippen molar-refractivity contribution in [2.45, 2.75) is 24.5 Å². The smallest absolute Gasteiger partial charge is 0.0651 e. The third kappa shape index (κ3) is 0.359. The maximum absolute atomic E-state index is 5.72. The fourth-order valence-electron chi connectivity index (χ4n) is 1.37. The molecule has 3 rings (SSSR count). The summed E-state index contributed by atoms with van der Waals surface area (Å²) in [4.78, 5) is 0. The van der Waals surface area contributed by atoms with E-state index in [2.05, 4.69) is 0 Å². The minimum Gasteiger partial charge on any atom is -0.376 e. The van der Waals surface area contributed by atoms with Crippen LogP contribution in [0, 0.1) is 0 Å². The van der Waals surface area contributed by atoms with Crippen molar-refractivity contribution in [2.24, 2.45) is 5.73 Å². The highest BCUT2D eigenvalue weighted by molar-refractivity contribution is 5.04. The summed E-state index contributed by atoms with van der Waals surface area (Å²) in [6.45, 7) is 0.803. The molecule has 0 atom stereocenters. The van der Waals surface area contributed by atoms with E-state index in [1.54, 1.807) is 0 Å². The lowest BCUT2D eigenvalue weighted by Gasteiger charge is -2.30. The van der Waals surface area contributed by atoms with Crippen molar-refractivity contribution >= 4 is 0 Å². The fourth-order valence-corrected chi connectivity index (χ4v) is 1.37. The lowest BCUT2D eigenvalue weighted by molar-refractivity contribution is 0.123. The first-order valence-corrected chi connectivity index (χ1v) is 2.69. The van der Waals surface area contributed by atoms with Crippen molar-refractivity contribution < 1.29 is 4.74 Å². The van der Waals surface area contributed by atoms with E-state index in [9.17, 15) is 0 Å². The molecule has 2 nitrogen and oxygen atoms in total. The Bertz CT molecular complexity index is 90.7. The molecule has 3 aliphatic rings. The van der Waals surface area contributed by atoms with Gasteiger partial charge in [0.15, 0.2) is 0 Å². The average molecular weight is 99.1 g/mol. The first-order chi connectivity index (χ1) is 3.29. The van der Waals surface area contributed by atoms with E-state index in [0.717, 1.165) is 19.4 Å². The maximum atomic E-state index is 5.72. The second kappa shape index (κ2) is 0.858. The lowest BCUT2D eigenvalue weighted by Crippen LogP contribution is -2.48. The molecule has 40 valence electrons. The van der Waals surface area contributed by atoms with Gasteiger partial charge in [-0.15, -0.1) is 0 Å². The predicted octanol–water partition coefficient (Wildman–Crippen LogP) is -0.124. The van der Waals surface area contributed by atoms with Crippen LogP contribution in [0.2, 0.25) is 0 Å². The molecular weight excluding hydrogens is 90.1 g/mol. The van der Waals surface area contributed by atoms with Crippen molar-refractivity contribution in [3.05, 3.63) is 0 Å². The van der Waals surface area contributed by atoms with E-state index in [1.807, 2.05) is 0 Å². The predicted molar refractivity (Wildman–Crippen MR) is 25.9 cm³/mol. The lowest BCUT2D eigenvalue weighted by atomic mass is 9.79. The van der Waals surface area contributed by atoms with Crippen LogP contribution in [0.4, 0.5) is 0 Å². The highest BCUT2D eigenvalue weighted by atomic mass is 16.5. The SMILES string of the molecule is NC12COC(C1)C2. The quantitative estimate of drug-likeness (QED) is 0.459. The van der Waals surface area contributed by atoms with Crippen LogP contribution in [0.3, 0.4) is 0 Å². The molecule has 0 amide bonds. The van der Waals surface area contributed by atoms with Crippen LogP contribution in [0.15, 0.2) is 0 Å². The fraction of sp³-hybridized carbons (Fsp3) is 1.00. The zero-order chi connectivity index (χ0) is 4.91. The summed E-state index contributed by atoms with van der Waals surface area (Å²) in [6, 6.07) is 0. The first kappa shape index (κ1) is 3.87. The van der Waals surface area contributed by atoms with Crippen molar-refractivity contribution in [1.82, 2.24) is 0 Å². The summed E-state index contributed by atoms with van der Waals surface area (Å²) in [5.74, 6) is 0. The molecule has 0 aromatic carbocycles. The van der Waals surface area contributed by atoms with Crippen LogP contribution in [-0.2, 0) is 4.74 Å². The van der Waals surface area contributed by atoms with Gasteiger partial charge < -0.3 is 10.5 Å². The Morgan fingerprint density at radius 3 is 2.43 bits per heavy atom. The Hall–Kier alpha value is -0.0800. The van der Waals surface area contributed by atoms with E-state index in [-0.39, 0.29) is 5.54 Å². The van der Waals surface area contributed by atoms with Crippen LogP contribution in [0.5, 0.6) is 0 Å². The third-order valence-electron chi connectivity index (χ3n) is 1.87. The van der Waals surface area contributed by atoms with Crippen molar-refractivity contribution in [2.75, 3.05) is 6.61 Å². The Labute approximate surface area is 42.6 Å². The van der Waals surface area contributed by atoms with Crippen molar-refractivity contribution in [1.29, 1.82) is 0 Å². The minimum absolute atomic E-state index is 0.116. The normalized spacial score (nSPS) is 57.0. The molecule has 2 aliphatic heterocycles. The van der Waals surface area contributed by atoms with Gasteiger partial charge in [-0.1, -0.05) is 0 Å². The van der Waals surface area contributed by atoms with E-state index in [1.165, 1.54) is 0 Å². The maximum Gasteiger partial charge on any atom is 0.0651 e. The molecule has 7 heavy (non-hydrogen) atoms. The molecule has 0 unspecified atom stereocenters. The zero-order valence-electron chi connectivity index (χ0n) is 4.18. The highest BCUT2D eigenvalue weighted by Crippen LogP contribution is 2.39. The van der Waals surface area contributed by atoms with Crippen LogP contribution in [0.1, 0.15) is 12.8 Å². The van der Waals surface area contributed by atoms with Gasteiger partial charge in [0, 0.05) is 5.54 Å². The molecule has 0 aromatic rings. The van der Waals surface area contributed by atoms with Crippen LogP contribution in [-0.4, -0.2) is 18.2 Å². The van der Waals surface area contributed by atoms with Crippen LogP contribution in [0.25, 0.3) is 0 Å². The Balaban J connectivity index is 2.20. The van der Waals surface area contributed by atoms with Gasteiger partial charge in [0.25, 0.3) is 0 Å². The monoisotopic (exact) mass is 99.1 g/mol. The number of hydrogen-bond acceptors (Lipinski definition) is 2. The van der Waals surface area contributed by atoms with E-state index < -0.39 is 0 Å². The Kier molecular flexibility index (Phi) is 0.474. The second-order valence-electron chi connectivity index (χ2n) is 2.70. The van der Waals surface area contributed by atoms with Gasteiger partial charge in [-0.25, -0.2) is 0 Å². The van der Waals surface area contributed by atoms with E-state index in [4.69, 9.17) is 10.5 Å². The molecular formula is C5H9NO. The largest absolute Gasteiger partial charge is 0.376 e. The number of nitrogens with two attached hydrogens (primary N) is 1. The highest BCUT2D eigenvalue weighted by Gasteiger charge is 2.48. The van der Waals surface area contributed by atoms with Gasteiger partial charge in [-0.3, -0.25) is 0 Å². The third-order valence-corrected chi connectivity index (χ3v) is 1.87. The van der Waals surface area contributed by atoms with Gasteiger partial charge in [0.1, 0.15) is 0 Å². The number of hydrogen-bond donors (Lipinski definition) is 1. The summed E-state index contributed by atoms with van der Waals surface area (Å²) in [5, 5.41) is 0. The number of rotatable bonds is 0. The molecule has 1 aliphatic carbocycles. The molecule has 3 fully saturated rings. The van der Waals surface area contributed by atoms with Gasteiger partial charge in [-0.05, 0) is 12.8 Å². The second-order valence-corrected chi connectivity index (χ2v) is 2.70. The summed E-state index contributed by atoms with van der Waals surface area (Å²) >= 11 is 0. The molecule has 0 radical (unpaired) electrons. The summed E-state index contributed by atoms with van der Waals surface area (Å²) < 4.78 is 5.20. The molecule has 2 bridgehead atoms. The number of fused-ring (bicyclic) bond motifs is 1. The van der Waals surface area contributed by atoms with E-state index in [0.29, 0.717) is 6.10 Å². The van der Waals surface area contributed by atoms with Gasteiger partial charge in [0.2, 0.25) is 0 Å². The molecule has 2 heteroatoms. The zero-order valence-corrected chi connectivity index (χ0v) is 4.18. The van der Waals surface area contributed by atoms with Crippen LogP contribution < -0.4 is 5.73 Å². The van der Waals surface area contributed by atoms with Gasteiger partial charge in [-0.2, -0.15) is 0 Å². The molecule has 0 spiro atoms. The molecule has 2 N–H and O–H groups in total. The minimum atomic E-state index is 0.116. The summed E-state index contributed by atoms with van der Waals surface area (Å²) in [6.07, 6.45) is 2.74. The molecule has 1 saturated carbocycles. The Morgan fingerprint density at radius 1 is 1.57 bits per heavy atom. The standard InChI is InChI=1S/C5H9NO/c6-5-1-4(2-5)7-3-5/h4H,1-3,6H2. The molecule has 2 heterocycles. The van der Waals surface area contributed by atoms with E-state index >= 15 is 0 Å².